The molecule has 7 nitrogen and oxygen atoms in total. The van der Waals surface area contributed by atoms with Gasteiger partial charge in [-0.05, 0) is 33.6 Å². The number of alkyl carbamates (subject to hydrolysis) is 1. The molecular weight excluding hydrogens is 290 g/mol. The van der Waals surface area contributed by atoms with Gasteiger partial charge in [0.1, 0.15) is 5.60 Å². The molecule has 22 heavy (non-hydrogen) atoms. The second-order valence-corrected chi connectivity index (χ2v) is 6.18. The normalized spacial score (nSPS) is 11.3. The molecular formula is C15H25NO6-2. The Bertz CT molecular complexity index is 361. The number of aliphatic carboxylic acids is 2. The van der Waals surface area contributed by atoms with Gasteiger partial charge < -0.3 is 29.9 Å². The Morgan fingerprint density at radius 1 is 0.955 bits per heavy atom. The van der Waals surface area contributed by atoms with Crippen LogP contribution < -0.4 is 15.5 Å². The van der Waals surface area contributed by atoms with Crippen LogP contribution in [0.5, 0.6) is 0 Å². The number of rotatable bonds is 10. The third kappa shape index (κ3) is 10.9. The van der Waals surface area contributed by atoms with Crippen LogP contribution in [0.2, 0.25) is 0 Å². The maximum Gasteiger partial charge on any atom is 0.407 e. The molecule has 0 atom stereocenters. The molecule has 0 saturated heterocycles. The van der Waals surface area contributed by atoms with Gasteiger partial charge in [0, 0.05) is 12.5 Å². The van der Waals surface area contributed by atoms with Crippen molar-refractivity contribution in [1.82, 2.24) is 5.32 Å². The molecule has 0 aromatic heterocycles. The first-order valence-corrected chi connectivity index (χ1v) is 7.52. The Hall–Kier alpha value is -1.79. The van der Waals surface area contributed by atoms with Crippen molar-refractivity contribution in [2.45, 2.75) is 64.9 Å². The van der Waals surface area contributed by atoms with Crippen molar-refractivity contribution in [2.24, 2.45) is 5.92 Å². The van der Waals surface area contributed by atoms with Gasteiger partial charge in [0.15, 0.2) is 0 Å². The number of hydrogen-bond acceptors (Lipinski definition) is 6. The van der Waals surface area contributed by atoms with Crippen LogP contribution in [0.15, 0.2) is 0 Å². The van der Waals surface area contributed by atoms with Crippen LogP contribution in [-0.4, -0.2) is 30.2 Å². The Balaban J connectivity index is 3.57. The van der Waals surface area contributed by atoms with Crippen molar-refractivity contribution >= 4 is 18.0 Å². The fraction of sp³-hybridized carbons (Fsp3) is 0.800. The lowest BCUT2D eigenvalue weighted by molar-refractivity contribution is -0.332. The van der Waals surface area contributed by atoms with Gasteiger partial charge in [-0.15, -0.1) is 0 Å². The third-order valence-corrected chi connectivity index (χ3v) is 2.91. The van der Waals surface area contributed by atoms with Gasteiger partial charge in [-0.2, -0.15) is 0 Å². The minimum Gasteiger partial charge on any atom is -0.549 e. The molecule has 0 bridgehead atoms. The zero-order valence-corrected chi connectivity index (χ0v) is 13.5. The number of amides is 1. The summed E-state index contributed by atoms with van der Waals surface area (Å²) in [4.78, 5) is 32.4. The number of carbonyl (C=O) groups excluding carboxylic acids is 3. The van der Waals surface area contributed by atoms with Crippen LogP contribution in [0.25, 0.3) is 0 Å². The highest BCUT2D eigenvalue weighted by Gasteiger charge is 2.15. The van der Waals surface area contributed by atoms with Crippen LogP contribution in [0.3, 0.4) is 0 Å². The molecule has 0 aliphatic rings. The maximum atomic E-state index is 11.3. The molecule has 1 N–H and O–H groups in total. The van der Waals surface area contributed by atoms with E-state index in [9.17, 15) is 24.6 Å². The standard InChI is InChI=1S/C15H27NO6/c1-15(2,3)22-14(21)16-10-8-6-4-5-7-9-11(12(17)18)13(19)20/h11H,4-10H2,1-3H3,(H,16,21)(H,17,18)(H,19,20)/p-2. The summed E-state index contributed by atoms with van der Waals surface area (Å²) in [5.74, 6) is -4.73. The van der Waals surface area contributed by atoms with Gasteiger partial charge in [0.2, 0.25) is 0 Å². The topological polar surface area (TPSA) is 119 Å². The van der Waals surface area contributed by atoms with Crippen molar-refractivity contribution in [1.29, 1.82) is 0 Å². The van der Waals surface area contributed by atoms with E-state index in [2.05, 4.69) is 5.32 Å². The fourth-order valence-corrected chi connectivity index (χ4v) is 1.84. The number of carbonyl (C=O) groups is 3. The van der Waals surface area contributed by atoms with Gasteiger partial charge in [-0.25, -0.2) is 4.79 Å². The number of carboxylic acids is 2. The second-order valence-electron chi connectivity index (χ2n) is 6.18. The molecule has 0 unspecified atom stereocenters. The van der Waals surface area contributed by atoms with E-state index in [1.807, 2.05) is 0 Å². The minimum absolute atomic E-state index is 0.0286. The van der Waals surface area contributed by atoms with E-state index >= 15 is 0 Å². The Kier molecular flexibility index (Phi) is 9.21. The van der Waals surface area contributed by atoms with Crippen molar-refractivity contribution < 1.29 is 29.3 Å². The highest BCUT2D eigenvalue weighted by molar-refractivity contribution is 5.90. The van der Waals surface area contributed by atoms with E-state index in [-0.39, 0.29) is 6.42 Å². The summed E-state index contributed by atoms with van der Waals surface area (Å²) < 4.78 is 5.08. The van der Waals surface area contributed by atoms with Gasteiger partial charge in [0.05, 0.1) is 11.9 Å². The smallest absolute Gasteiger partial charge is 0.407 e. The zero-order valence-electron chi connectivity index (χ0n) is 13.5. The lowest BCUT2D eigenvalue weighted by Crippen LogP contribution is -2.43. The number of hydrogen-bond donors (Lipinski definition) is 1. The molecule has 1 amide bonds. The van der Waals surface area contributed by atoms with E-state index in [1.54, 1.807) is 20.8 Å². The minimum atomic E-state index is -1.60. The molecule has 0 fully saturated rings. The van der Waals surface area contributed by atoms with Crippen LogP contribution >= 0.6 is 0 Å². The van der Waals surface area contributed by atoms with Crippen molar-refractivity contribution in [2.75, 3.05) is 6.54 Å². The Labute approximate surface area is 131 Å². The molecule has 0 aromatic carbocycles. The molecule has 0 spiro atoms. The first-order chi connectivity index (χ1) is 10.1. The van der Waals surface area contributed by atoms with E-state index in [1.165, 1.54) is 0 Å². The summed E-state index contributed by atoms with van der Waals surface area (Å²) in [5, 5.41) is 23.7. The zero-order chi connectivity index (χ0) is 17.2. The average molecular weight is 315 g/mol. The number of carboxylic acid groups (broad SMARTS) is 2. The number of ether oxygens (including phenoxy) is 1. The first-order valence-electron chi connectivity index (χ1n) is 7.52. The Morgan fingerprint density at radius 3 is 1.95 bits per heavy atom. The molecule has 128 valence electrons. The molecule has 0 heterocycles. The van der Waals surface area contributed by atoms with Gasteiger partial charge >= 0.3 is 6.09 Å². The summed E-state index contributed by atoms with van der Waals surface area (Å²) >= 11 is 0. The van der Waals surface area contributed by atoms with Crippen molar-refractivity contribution in [3.05, 3.63) is 0 Å². The van der Waals surface area contributed by atoms with Crippen LogP contribution in [0.4, 0.5) is 4.79 Å². The van der Waals surface area contributed by atoms with E-state index < -0.39 is 29.6 Å². The lowest BCUT2D eigenvalue weighted by atomic mass is 10.0. The van der Waals surface area contributed by atoms with Crippen molar-refractivity contribution in [3.8, 4) is 0 Å². The highest BCUT2D eigenvalue weighted by atomic mass is 16.6. The molecule has 0 aromatic rings. The summed E-state index contributed by atoms with van der Waals surface area (Å²) in [6.45, 7) is 5.88. The lowest BCUT2D eigenvalue weighted by Gasteiger charge is -2.19. The van der Waals surface area contributed by atoms with Gasteiger partial charge in [0.25, 0.3) is 0 Å². The summed E-state index contributed by atoms with van der Waals surface area (Å²) in [5.41, 5.74) is -0.515. The molecule has 7 heteroatoms. The highest BCUT2D eigenvalue weighted by Crippen LogP contribution is 2.11. The first kappa shape index (κ1) is 20.2. The quantitative estimate of drug-likeness (QED) is 0.446. The monoisotopic (exact) mass is 315 g/mol. The SMILES string of the molecule is CC(C)(C)OC(=O)NCCCCCCCC(C(=O)[O-])C(=O)[O-]. The van der Waals surface area contributed by atoms with Gasteiger partial charge in [-0.1, -0.05) is 25.7 Å². The number of unbranched alkanes of at least 4 members (excludes halogenated alkanes) is 4. The second kappa shape index (κ2) is 10.0. The van der Waals surface area contributed by atoms with Crippen molar-refractivity contribution in [3.63, 3.8) is 0 Å². The predicted octanol–water partition coefficient (Wildman–Crippen LogP) is -0.0323. The van der Waals surface area contributed by atoms with E-state index in [0.717, 1.165) is 25.7 Å². The third-order valence-electron chi connectivity index (χ3n) is 2.91. The number of nitrogens with one attached hydrogen (secondary N) is 1. The summed E-state index contributed by atoms with van der Waals surface area (Å²) in [6.07, 6.45) is 3.28. The van der Waals surface area contributed by atoms with E-state index in [4.69, 9.17) is 4.74 Å². The summed E-state index contributed by atoms with van der Waals surface area (Å²) in [7, 11) is 0. The maximum absolute atomic E-state index is 11.3. The molecule has 0 aliphatic carbocycles. The average Bonchev–Trinajstić information content (AvgIpc) is 2.33. The van der Waals surface area contributed by atoms with Crippen LogP contribution in [0, 0.1) is 5.92 Å². The van der Waals surface area contributed by atoms with Gasteiger partial charge in [-0.3, -0.25) is 0 Å². The van der Waals surface area contributed by atoms with Crippen LogP contribution in [0.1, 0.15) is 59.3 Å². The van der Waals surface area contributed by atoms with E-state index in [0.29, 0.717) is 13.0 Å². The van der Waals surface area contributed by atoms with Crippen LogP contribution in [-0.2, 0) is 14.3 Å². The molecule has 0 saturated carbocycles. The molecule has 0 aliphatic heterocycles. The summed E-state index contributed by atoms with van der Waals surface area (Å²) in [6, 6.07) is 0. The predicted molar refractivity (Wildman–Crippen MR) is 75.4 cm³/mol. The largest absolute Gasteiger partial charge is 0.549 e. The fourth-order valence-electron chi connectivity index (χ4n) is 1.84. The molecule has 0 rings (SSSR count). The molecule has 0 radical (unpaired) electrons. The Morgan fingerprint density at radius 2 is 1.45 bits per heavy atom.